The summed E-state index contributed by atoms with van der Waals surface area (Å²) in [6.07, 6.45) is 0. The molecule has 2 N–H and O–H groups in total. The molecule has 0 aromatic heterocycles. The molecule has 0 fully saturated rings. The molecule has 0 aliphatic carbocycles. The summed E-state index contributed by atoms with van der Waals surface area (Å²) in [6, 6.07) is 10.0. The van der Waals surface area contributed by atoms with Crippen LogP contribution in [0.15, 0.2) is 52.3 Å². The monoisotopic (exact) mass is 444 g/mol. The van der Waals surface area contributed by atoms with Crippen LogP contribution in [-0.4, -0.2) is 50.3 Å². The minimum Gasteiger partial charge on any atom is -0.480 e. The molecule has 8 nitrogen and oxygen atoms in total. The van der Waals surface area contributed by atoms with Crippen LogP contribution in [0.3, 0.4) is 0 Å². The third-order valence-corrected chi connectivity index (χ3v) is 5.96. The first-order chi connectivity index (χ1) is 13.1. The first-order valence-electron chi connectivity index (χ1n) is 7.74. The molecule has 0 aliphatic heterocycles. The number of carbonyl (C=O) groups is 2. The van der Waals surface area contributed by atoms with Crippen LogP contribution in [0.25, 0.3) is 0 Å². The summed E-state index contributed by atoms with van der Waals surface area (Å²) in [5, 5.41) is 8.44. The summed E-state index contributed by atoms with van der Waals surface area (Å²) in [5.74, 6) is -1.11. The van der Waals surface area contributed by atoms with Gasteiger partial charge in [0.15, 0.2) is 6.61 Å². The van der Waals surface area contributed by atoms with Gasteiger partial charge in [0, 0.05) is 24.7 Å². The first kappa shape index (κ1) is 21.9. The fraction of sp³-hybridized carbons (Fsp3) is 0.176. The highest BCUT2D eigenvalue weighted by molar-refractivity contribution is 8.13. The SMILES string of the molecule is CN(C)C(=O)Sc1ccc(NS(=O)(=O)c2ccc(OCC(=O)O)c(Cl)c2)cc1. The van der Waals surface area contributed by atoms with Gasteiger partial charge in [-0.1, -0.05) is 11.6 Å². The van der Waals surface area contributed by atoms with Crippen LogP contribution in [0.4, 0.5) is 10.5 Å². The summed E-state index contributed by atoms with van der Waals surface area (Å²) >= 11 is 6.99. The minimum atomic E-state index is -3.92. The van der Waals surface area contributed by atoms with Crippen molar-refractivity contribution in [3.63, 3.8) is 0 Å². The zero-order valence-corrected chi connectivity index (χ0v) is 17.3. The molecule has 0 spiro atoms. The quantitative estimate of drug-likeness (QED) is 0.629. The molecule has 0 bridgehead atoms. The van der Waals surface area contributed by atoms with Crippen LogP contribution in [0.2, 0.25) is 5.02 Å². The number of rotatable bonds is 7. The highest BCUT2D eigenvalue weighted by Crippen LogP contribution is 2.29. The minimum absolute atomic E-state index is 0.0296. The van der Waals surface area contributed by atoms with Crippen molar-refractivity contribution < 1.29 is 27.9 Å². The third kappa shape index (κ3) is 6.04. The van der Waals surface area contributed by atoms with Crippen molar-refractivity contribution in [3.8, 4) is 5.75 Å². The average molecular weight is 445 g/mol. The summed E-state index contributed by atoms with van der Waals surface area (Å²) in [7, 11) is -0.642. The van der Waals surface area contributed by atoms with Crippen molar-refractivity contribution in [1.29, 1.82) is 0 Å². The number of thioether (sulfide) groups is 1. The lowest BCUT2D eigenvalue weighted by molar-refractivity contribution is -0.139. The Balaban J connectivity index is 2.11. The molecule has 2 rings (SSSR count). The lowest BCUT2D eigenvalue weighted by Gasteiger charge is -2.12. The molecule has 0 saturated heterocycles. The predicted octanol–water partition coefficient (Wildman–Crippen LogP) is 3.38. The van der Waals surface area contributed by atoms with E-state index in [2.05, 4.69) is 4.72 Å². The van der Waals surface area contributed by atoms with Gasteiger partial charge >= 0.3 is 5.97 Å². The molecular formula is C17H17ClN2O6S2. The summed E-state index contributed by atoms with van der Waals surface area (Å²) in [5.41, 5.74) is 0.309. The van der Waals surface area contributed by atoms with E-state index in [1.807, 2.05) is 0 Å². The number of halogens is 1. The highest BCUT2D eigenvalue weighted by Gasteiger charge is 2.17. The van der Waals surface area contributed by atoms with Gasteiger partial charge in [-0.3, -0.25) is 9.52 Å². The van der Waals surface area contributed by atoms with Gasteiger partial charge in [0.1, 0.15) is 5.75 Å². The van der Waals surface area contributed by atoms with E-state index in [1.165, 1.54) is 35.2 Å². The van der Waals surface area contributed by atoms with Gasteiger partial charge in [0.25, 0.3) is 15.3 Å². The number of benzene rings is 2. The number of carbonyl (C=O) groups excluding carboxylic acids is 1. The maximum absolute atomic E-state index is 12.5. The van der Waals surface area contributed by atoms with Crippen LogP contribution in [0.1, 0.15) is 0 Å². The molecular weight excluding hydrogens is 428 g/mol. The molecule has 2 aromatic rings. The Bertz CT molecular complexity index is 978. The second-order valence-corrected chi connectivity index (χ2v) is 8.78. The Morgan fingerprint density at radius 1 is 1.18 bits per heavy atom. The van der Waals surface area contributed by atoms with Gasteiger partial charge in [-0.05, 0) is 54.2 Å². The second-order valence-electron chi connectivity index (χ2n) is 5.67. The largest absolute Gasteiger partial charge is 0.480 e. The highest BCUT2D eigenvalue weighted by atomic mass is 35.5. The standard InChI is InChI=1S/C17H17ClN2O6S2/c1-20(2)17(23)27-12-5-3-11(4-6-12)19-28(24,25)13-7-8-15(14(18)9-13)26-10-16(21)22/h3-9,19H,10H2,1-2H3,(H,21,22). The van der Waals surface area contributed by atoms with Crippen molar-refractivity contribution in [1.82, 2.24) is 4.90 Å². The Kier molecular flexibility index (Phi) is 7.17. The average Bonchev–Trinajstić information content (AvgIpc) is 2.61. The van der Waals surface area contributed by atoms with E-state index < -0.39 is 22.6 Å². The van der Waals surface area contributed by atoms with Gasteiger partial charge in [-0.25, -0.2) is 13.2 Å². The Labute approximate surface area is 171 Å². The van der Waals surface area contributed by atoms with E-state index in [-0.39, 0.29) is 20.9 Å². The lowest BCUT2D eigenvalue weighted by atomic mass is 10.3. The smallest absolute Gasteiger partial charge is 0.341 e. The van der Waals surface area contributed by atoms with Gasteiger partial charge in [-0.15, -0.1) is 0 Å². The third-order valence-electron chi connectivity index (χ3n) is 3.24. The van der Waals surface area contributed by atoms with Gasteiger partial charge in [0.05, 0.1) is 9.92 Å². The number of carboxylic acid groups (broad SMARTS) is 1. The molecule has 0 atom stereocenters. The number of amides is 1. The number of ether oxygens (including phenoxy) is 1. The number of carboxylic acids is 1. The van der Waals surface area contributed by atoms with Crippen LogP contribution in [0.5, 0.6) is 5.75 Å². The molecule has 28 heavy (non-hydrogen) atoms. The van der Waals surface area contributed by atoms with E-state index in [0.29, 0.717) is 10.6 Å². The second kappa shape index (κ2) is 9.18. The normalized spacial score (nSPS) is 11.0. The number of sulfonamides is 1. The van der Waals surface area contributed by atoms with E-state index >= 15 is 0 Å². The lowest BCUT2D eigenvalue weighted by Crippen LogP contribution is -2.16. The Morgan fingerprint density at radius 2 is 1.82 bits per heavy atom. The fourth-order valence-electron chi connectivity index (χ4n) is 1.90. The first-order valence-corrected chi connectivity index (χ1v) is 10.4. The number of aliphatic carboxylic acids is 1. The van der Waals surface area contributed by atoms with Crippen LogP contribution < -0.4 is 9.46 Å². The predicted molar refractivity (Wildman–Crippen MR) is 107 cm³/mol. The number of hydrogen-bond donors (Lipinski definition) is 2. The number of hydrogen-bond acceptors (Lipinski definition) is 6. The van der Waals surface area contributed by atoms with Gasteiger partial charge < -0.3 is 14.7 Å². The Hall–Kier alpha value is -2.43. The summed E-state index contributed by atoms with van der Waals surface area (Å²) in [4.78, 5) is 24.2. The maximum Gasteiger partial charge on any atom is 0.341 e. The van der Waals surface area contributed by atoms with Crippen molar-refractivity contribution in [2.24, 2.45) is 0 Å². The topological polar surface area (TPSA) is 113 Å². The molecule has 2 aromatic carbocycles. The summed E-state index contributed by atoms with van der Waals surface area (Å²) in [6.45, 7) is -0.593. The van der Waals surface area contributed by atoms with Crippen molar-refractivity contribution in [2.45, 2.75) is 9.79 Å². The number of nitrogens with zero attached hydrogens (tertiary/aromatic N) is 1. The Morgan fingerprint density at radius 3 is 2.36 bits per heavy atom. The van der Waals surface area contributed by atoms with Crippen molar-refractivity contribution in [3.05, 3.63) is 47.5 Å². The molecule has 0 unspecified atom stereocenters. The maximum atomic E-state index is 12.5. The van der Waals surface area contributed by atoms with E-state index in [9.17, 15) is 18.0 Å². The molecule has 0 heterocycles. The zero-order valence-electron chi connectivity index (χ0n) is 14.9. The van der Waals surface area contributed by atoms with E-state index in [4.69, 9.17) is 21.4 Å². The number of anilines is 1. The number of nitrogens with one attached hydrogen (secondary N) is 1. The van der Waals surface area contributed by atoms with E-state index in [0.717, 1.165) is 11.8 Å². The molecule has 1 amide bonds. The molecule has 0 saturated carbocycles. The van der Waals surface area contributed by atoms with Gasteiger partial charge in [-0.2, -0.15) is 0 Å². The molecule has 0 aliphatic rings. The van der Waals surface area contributed by atoms with Crippen LogP contribution in [0, 0.1) is 0 Å². The fourth-order valence-corrected chi connectivity index (χ4v) is 3.94. The summed E-state index contributed by atoms with van der Waals surface area (Å²) < 4.78 is 32.4. The molecule has 0 radical (unpaired) electrons. The molecule has 11 heteroatoms. The van der Waals surface area contributed by atoms with Crippen LogP contribution >= 0.6 is 23.4 Å². The van der Waals surface area contributed by atoms with Gasteiger partial charge in [0.2, 0.25) is 0 Å². The van der Waals surface area contributed by atoms with E-state index in [1.54, 1.807) is 26.2 Å². The van der Waals surface area contributed by atoms with Crippen molar-refractivity contribution in [2.75, 3.05) is 25.4 Å². The zero-order chi connectivity index (χ0) is 20.9. The molecule has 150 valence electrons. The van der Waals surface area contributed by atoms with Crippen molar-refractivity contribution >= 4 is 50.3 Å². The van der Waals surface area contributed by atoms with Crippen LogP contribution in [-0.2, 0) is 14.8 Å².